The molecule has 0 aliphatic carbocycles. The average Bonchev–Trinajstić information content (AvgIpc) is 3.39. The zero-order valence-electron chi connectivity index (χ0n) is 16.8. The van der Waals surface area contributed by atoms with Crippen LogP contribution in [0.1, 0.15) is 34.7 Å². The van der Waals surface area contributed by atoms with Gasteiger partial charge in [-0.05, 0) is 31.9 Å². The van der Waals surface area contributed by atoms with E-state index in [0.29, 0.717) is 24.1 Å². The first-order chi connectivity index (χ1) is 14.1. The summed E-state index contributed by atoms with van der Waals surface area (Å²) < 4.78 is 6.50. The molecule has 1 amide bonds. The number of hydrogen-bond acceptors (Lipinski definition) is 6. The summed E-state index contributed by atoms with van der Waals surface area (Å²) >= 11 is 0. The second-order valence-corrected chi connectivity index (χ2v) is 8.59. The number of nitrogens with one attached hydrogen (secondary N) is 1. The molecule has 3 fully saturated rings. The lowest BCUT2D eigenvalue weighted by Gasteiger charge is -2.29. The van der Waals surface area contributed by atoms with Gasteiger partial charge in [0.25, 0.3) is 5.91 Å². The van der Waals surface area contributed by atoms with E-state index in [1.165, 1.54) is 6.20 Å². The van der Waals surface area contributed by atoms with Gasteiger partial charge >= 0.3 is 0 Å². The number of carbonyl (C=O) groups excluding carboxylic acids is 1. The number of amides is 1. The number of carbonyl (C=O) groups is 1. The van der Waals surface area contributed by atoms with E-state index in [1.54, 1.807) is 12.4 Å². The summed E-state index contributed by atoms with van der Waals surface area (Å²) in [5.41, 5.74) is 2.56. The molecule has 152 valence electrons. The van der Waals surface area contributed by atoms with Gasteiger partial charge in [-0.2, -0.15) is 0 Å². The summed E-state index contributed by atoms with van der Waals surface area (Å²) in [5, 5.41) is 3.06. The lowest BCUT2D eigenvalue weighted by molar-refractivity contribution is 0.00284. The third kappa shape index (κ3) is 3.53. The number of likely N-dealkylation sites (tertiary alicyclic amines) is 1. The molecule has 0 saturated carbocycles. The maximum absolute atomic E-state index is 12.4. The molecule has 5 rings (SSSR count). The molecule has 2 bridgehead atoms. The molecule has 29 heavy (non-hydrogen) atoms. The van der Waals surface area contributed by atoms with Gasteiger partial charge in [0.1, 0.15) is 5.69 Å². The van der Waals surface area contributed by atoms with Crippen LogP contribution in [0.5, 0.6) is 0 Å². The molecular weight excluding hydrogens is 366 g/mol. The third-order valence-electron chi connectivity index (χ3n) is 6.78. The van der Waals surface area contributed by atoms with Crippen molar-refractivity contribution >= 4 is 5.91 Å². The highest BCUT2D eigenvalue weighted by atomic mass is 16.5. The van der Waals surface area contributed by atoms with Gasteiger partial charge < -0.3 is 10.1 Å². The Morgan fingerprint density at radius 3 is 3.14 bits per heavy atom. The van der Waals surface area contributed by atoms with E-state index >= 15 is 0 Å². The molecule has 3 saturated heterocycles. The van der Waals surface area contributed by atoms with E-state index < -0.39 is 0 Å². The van der Waals surface area contributed by atoms with Gasteiger partial charge in [-0.15, -0.1) is 0 Å². The van der Waals surface area contributed by atoms with Crippen molar-refractivity contribution in [3.05, 3.63) is 53.9 Å². The average molecular weight is 393 g/mol. The van der Waals surface area contributed by atoms with Gasteiger partial charge in [0.2, 0.25) is 0 Å². The van der Waals surface area contributed by atoms with E-state index in [4.69, 9.17) is 4.74 Å². The van der Waals surface area contributed by atoms with Crippen LogP contribution in [-0.4, -0.2) is 63.6 Å². The molecule has 7 heteroatoms. The quantitative estimate of drug-likeness (QED) is 0.804. The van der Waals surface area contributed by atoms with E-state index in [-0.39, 0.29) is 17.6 Å². The molecule has 0 aromatic carbocycles. The Hall–Kier alpha value is -2.38. The van der Waals surface area contributed by atoms with Crippen molar-refractivity contribution in [3.8, 4) is 0 Å². The fourth-order valence-corrected chi connectivity index (χ4v) is 5.46. The molecule has 1 spiro atoms. The zero-order chi connectivity index (χ0) is 19.8. The van der Waals surface area contributed by atoms with Crippen molar-refractivity contribution in [1.82, 2.24) is 25.2 Å². The minimum atomic E-state index is -0.157. The Morgan fingerprint density at radius 2 is 2.31 bits per heavy atom. The largest absolute Gasteiger partial charge is 0.370 e. The summed E-state index contributed by atoms with van der Waals surface area (Å²) in [6.45, 7) is 5.71. The number of rotatable bonds is 6. The minimum absolute atomic E-state index is 0.0212. The topological polar surface area (TPSA) is 80.2 Å². The van der Waals surface area contributed by atoms with Crippen LogP contribution in [0.3, 0.4) is 0 Å². The van der Waals surface area contributed by atoms with E-state index in [2.05, 4.69) is 37.3 Å². The molecule has 5 heterocycles. The SMILES string of the molecule is Cc1cccc(CCN2C[C@@H]3[C@H](CNC(=O)c4cnccn4)[C@H]4CC[C@]3(C2)O4)n1. The van der Waals surface area contributed by atoms with Crippen LogP contribution in [0.2, 0.25) is 0 Å². The molecule has 2 aromatic heterocycles. The van der Waals surface area contributed by atoms with Crippen LogP contribution in [0.25, 0.3) is 0 Å². The van der Waals surface area contributed by atoms with Gasteiger partial charge in [0.15, 0.2) is 0 Å². The predicted molar refractivity (Wildman–Crippen MR) is 107 cm³/mol. The fraction of sp³-hybridized carbons (Fsp3) is 0.545. The first kappa shape index (κ1) is 18.6. The standard InChI is InChI=1S/C22H27N5O2/c1-15-3-2-4-16(26-15)6-10-27-13-18-17(20-5-7-22(18,14-27)29-20)11-25-21(28)19-12-23-8-9-24-19/h2-4,8-9,12,17-18,20H,5-7,10-11,13-14H2,1H3,(H,25,28)/t17-,18+,20+,22+/m0/s1. The number of ether oxygens (including phenoxy) is 1. The van der Waals surface area contributed by atoms with Crippen LogP contribution in [0.15, 0.2) is 36.8 Å². The molecule has 2 aromatic rings. The minimum Gasteiger partial charge on any atom is -0.370 e. The van der Waals surface area contributed by atoms with Gasteiger partial charge in [-0.25, -0.2) is 4.98 Å². The summed E-state index contributed by atoms with van der Waals surface area (Å²) in [6, 6.07) is 6.22. The monoisotopic (exact) mass is 393 g/mol. The molecular formula is C22H27N5O2. The third-order valence-corrected chi connectivity index (χ3v) is 6.78. The number of aryl methyl sites for hydroxylation is 1. The maximum atomic E-state index is 12.4. The predicted octanol–water partition coefficient (Wildman–Crippen LogP) is 1.63. The first-order valence-corrected chi connectivity index (χ1v) is 10.5. The van der Waals surface area contributed by atoms with Crippen molar-refractivity contribution in [3.63, 3.8) is 0 Å². The molecule has 4 atom stereocenters. The molecule has 0 radical (unpaired) electrons. The highest BCUT2D eigenvalue weighted by molar-refractivity contribution is 5.91. The fourth-order valence-electron chi connectivity index (χ4n) is 5.46. The summed E-state index contributed by atoms with van der Waals surface area (Å²) in [7, 11) is 0. The van der Waals surface area contributed by atoms with E-state index in [9.17, 15) is 4.79 Å². The van der Waals surface area contributed by atoms with Crippen molar-refractivity contribution in [2.45, 2.75) is 37.9 Å². The first-order valence-electron chi connectivity index (χ1n) is 10.5. The molecule has 3 aliphatic heterocycles. The number of pyridine rings is 1. The van der Waals surface area contributed by atoms with Gasteiger partial charge in [0.05, 0.1) is 17.9 Å². The Bertz CT molecular complexity index is 892. The Morgan fingerprint density at radius 1 is 1.38 bits per heavy atom. The maximum Gasteiger partial charge on any atom is 0.271 e. The molecule has 0 unspecified atom stereocenters. The van der Waals surface area contributed by atoms with Gasteiger partial charge in [-0.3, -0.25) is 19.7 Å². The number of aromatic nitrogens is 3. The smallest absolute Gasteiger partial charge is 0.271 e. The van der Waals surface area contributed by atoms with Crippen molar-refractivity contribution in [2.24, 2.45) is 11.8 Å². The highest BCUT2D eigenvalue weighted by Gasteiger charge is 2.62. The molecule has 3 aliphatic rings. The summed E-state index contributed by atoms with van der Waals surface area (Å²) in [4.78, 5) is 27.6. The Balaban J connectivity index is 1.20. The number of fused-ring (bicyclic) bond motifs is 1. The molecule has 1 N–H and O–H groups in total. The highest BCUT2D eigenvalue weighted by Crippen LogP contribution is 2.54. The van der Waals surface area contributed by atoms with Crippen LogP contribution in [0.4, 0.5) is 0 Å². The second-order valence-electron chi connectivity index (χ2n) is 8.59. The van der Waals surface area contributed by atoms with Crippen LogP contribution < -0.4 is 5.32 Å². The second kappa shape index (κ2) is 7.46. The van der Waals surface area contributed by atoms with Crippen LogP contribution in [-0.2, 0) is 11.2 Å². The zero-order valence-corrected chi connectivity index (χ0v) is 16.8. The normalized spacial score (nSPS) is 30.4. The van der Waals surface area contributed by atoms with Crippen molar-refractivity contribution in [1.29, 1.82) is 0 Å². The van der Waals surface area contributed by atoms with E-state index in [0.717, 1.165) is 50.3 Å². The lowest BCUT2D eigenvalue weighted by atomic mass is 9.73. The summed E-state index contributed by atoms with van der Waals surface area (Å²) in [5.74, 6) is 0.690. The van der Waals surface area contributed by atoms with Crippen LogP contribution in [0, 0.1) is 18.8 Å². The molecule has 7 nitrogen and oxygen atoms in total. The van der Waals surface area contributed by atoms with Crippen molar-refractivity contribution in [2.75, 3.05) is 26.2 Å². The Kier molecular flexibility index (Phi) is 4.80. The van der Waals surface area contributed by atoms with Crippen molar-refractivity contribution < 1.29 is 9.53 Å². The van der Waals surface area contributed by atoms with Gasteiger partial charge in [-0.1, -0.05) is 6.07 Å². The lowest BCUT2D eigenvalue weighted by Crippen LogP contribution is -2.42. The van der Waals surface area contributed by atoms with Gasteiger partial charge in [0, 0.05) is 68.2 Å². The van der Waals surface area contributed by atoms with Crippen LogP contribution >= 0.6 is 0 Å². The number of hydrogen-bond donors (Lipinski definition) is 1. The Labute approximate surface area is 170 Å². The number of nitrogens with zero attached hydrogens (tertiary/aromatic N) is 4. The van der Waals surface area contributed by atoms with E-state index in [1.807, 2.05) is 13.0 Å². The summed E-state index contributed by atoms with van der Waals surface area (Å²) in [6.07, 6.45) is 8.08.